The van der Waals surface area contributed by atoms with Gasteiger partial charge in [-0.3, -0.25) is 9.58 Å². The highest BCUT2D eigenvalue weighted by atomic mass is 16.3. The summed E-state index contributed by atoms with van der Waals surface area (Å²) in [5.41, 5.74) is 2.11. The second kappa shape index (κ2) is 7.60. The summed E-state index contributed by atoms with van der Waals surface area (Å²) in [4.78, 5) is 16.2. The van der Waals surface area contributed by atoms with E-state index in [1.165, 1.54) is 0 Å². The predicted octanol–water partition coefficient (Wildman–Crippen LogP) is 0.191. The van der Waals surface area contributed by atoms with Crippen molar-refractivity contribution in [3.05, 3.63) is 17.5 Å². The van der Waals surface area contributed by atoms with Crippen molar-refractivity contribution < 1.29 is 9.90 Å². The lowest BCUT2D eigenvalue weighted by atomic mass is 10.2. The van der Waals surface area contributed by atoms with Crippen LogP contribution in [0.5, 0.6) is 0 Å². The number of carbonyl (C=O) groups is 1. The minimum absolute atomic E-state index is 0.0254. The van der Waals surface area contributed by atoms with E-state index >= 15 is 0 Å². The molecule has 1 saturated heterocycles. The van der Waals surface area contributed by atoms with Gasteiger partial charge >= 0.3 is 6.03 Å². The number of carbonyl (C=O) groups excluding carboxylic acids is 1. The van der Waals surface area contributed by atoms with Gasteiger partial charge in [-0.2, -0.15) is 5.10 Å². The molecule has 0 saturated carbocycles. The summed E-state index contributed by atoms with van der Waals surface area (Å²) >= 11 is 0. The van der Waals surface area contributed by atoms with Gasteiger partial charge in [0, 0.05) is 58.1 Å². The van der Waals surface area contributed by atoms with Gasteiger partial charge in [0.15, 0.2) is 0 Å². The van der Waals surface area contributed by atoms with E-state index in [4.69, 9.17) is 0 Å². The molecule has 7 heteroatoms. The molecule has 1 aromatic rings. The number of aromatic nitrogens is 2. The number of amides is 2. The van der Waals surface area contributed by atoms with Crippen LogP contribution in [-0.2, 0) is 20.0 Å². The Bertz CT molecular complexity index is 492. The fraction of sp³-hybridized carbons (Fsp3) is 0.733. The fourth-order valence-corrected chi connectivity index (χ4v) is 2.82. The summed E-state index contributed by atoms with van der Waals surface area (Å²) in [6, 6.07) is -0.0254. The number of piperazine rings is 1. The van der Waals surface area contributed by atoms with Gasteiger partial charge < -0.3 is 15.3 Å². The average molecular weight is 309 g/mol. The maximum atomic E-state index is 12.2. The van der Waals surface area contributed by atoms with Crippen LogP contribution in [0.3, 0.4) is 0 Å². The number of aliphatic hydroxyl groups excluding tert-OH is 1. The zero-order valence-corrected chi connectivity index (χ0v) is 13.7. The second-order valence-corrected chi connectivity index (χ2v) is 5.92. The Kier molecular flexibility index (Phi) is 5.79. The Hall–Kier alpha value is -1.60. The number of nitrogens with one attached hydrogen (secondary N) is 1. The molecule has 0 radical (unpaired) electrons. The lowest BCUT2D eigenvalue weighted by Gasteiger charge is -2.35. The molecule has 22 heavy (non-hydrogen) atoms. The fourth-order valence-electron chi connectivity index (χ4n) is 2.82. The van der Waals surface area contributed by atoms with Gasteiger partial charge in [0.1, 0.15) is 0 Å². The smallest absolute Gasteiger partial charge is 0.317 e. The van der Waals surface area contributed by atoms with E-state index in [9.17, 15) is 9.90 Å². The third kappa shape index (κ3) is 4.45. The van der Waals surface area contributed by atoms with Crippen molar-refractivity contribution >= 4 is 6.03 Å². The molecular formula is C15H27N5O2. The van der Waals surface area contributed by atoms with Crippen LogP contribution >= 0.6 is 0 Å². The number of aliphatic hydroxyl groups is 1. The first-order valence-electron chi connectivity index (χ1n) is 7.94. The maximum absolute atomic E-state index is 12.2. The standard InChI is InChI=1S/C15H27N5O2/c1-4-14-13(11-18(3)17-14)9-16-15(22)20-7-5-19(6-8-20)10-12(2)21/h11-12,21H,4-10H2,1-3H3,(H,16,22)/t12-/m0/s1. The molecule has 1 aliphatic heterocycles. The first kappa shape index (κ1) is 16.8. The van der Waals surface area contributed by atoms with Crippen molar-refractivity contribution in [3.63, 3.8) is 0 Å². The Balaban J connectivity index is 1.78. The summed E-state index contributed by atoms with van der Waals surface area (Å²) in [5, 5.41) is 16.8. The van der Waals surface area contributed by atoms with Crippen LogP contribution in [0.4, 0.5) is 4.79 Å². The van der Waals surface area contributed by atoms with Crippen LogP contribution in [0.25, 0.3) is 0 Å². The van der Waals surface area contributed by atoms with E-state index in [2.05, 4.69) is 22.2 Å². The molecule has 2 rings (SSSR count). The van der Waals surface area contributed by atoms with Crippen LogP contribution in [-0.4, -0.2) is 69.5 Å². The minimum atomic E-state index is -0.321. The van der Waals surface area contributed by atoms with E-state index < -0.39 is 0 Å². The molecule has 1 aromatic heterocycles. The Morgan fingerprint density at radius 3 is 2.68 bits per heavy atom. The van der Waals surface area contributed by atoms with Gasteiger partial charge in [-0.05, 0) is 13.3 Å². The zero-order valence-electron chi connectivity index (χ0n) is 13.7. The Labute approximate surface area is 131 Å². The van der Waals surface area contributed by atoms with Gasteiger partial charge in [0.05, 0.1) is 11.8 Å². The molecule has 124 valence electrons. The molecule has 0 aromatic carbocycles. The highest BCUT2D eigenvalue weighted by molar-refractivity contribution is 5.74. The molecule has 2 N–H and O–H groups in total. The minimum Gasteiger partial charge on any atom is -0.392 e. The van der Waals surface area contributed by atoms with Crippen LogP contribution in [0.2, 0.25) is 0 Å². The van der Waals surface area contributed by atoms with Gasteiger partial charge in [-0.1, -0.05) is 6.92 Å². The first-order valence-corrected chi connectivity index (χ1v) is 7.94. The predicted molar refractivity (Wildman–Crippen MR) is 84.5 cm³/mol. The van der Waals surface area contributed by atoms with E-state index in [0.29, 0.717) is 26.2 Å². The number of aryl methyl sites for hydroxylation is 2. The van der Waals surface area contributed by atoms with E-state index in [1.807, 2.05) is 18.1 Å². The summed E-state index contributed by atoms with van der Waals surface area (Å²) in [7, 11) is 1.89. The number of hydrogen-bond acceptors (Lipinski definition) is 4. The van der Waals surface area contributed by atoms with Crippen LogP contribution in [0.1, 0.15) is 25.1 Å². The normalized spacial score (nSPS) is 17.5. The van der Waals surface area contributed by atoms with Crippen LogP contribution in [0.15, 0.2) is 6.20 Å². The van der Waals surface area contributed by atoms with Gasteiger partial charge in [-0.15, -0.1) is 0 Å². The van der Waals surface area contributed by atoms with Crippen LogP contribution < -0.4 is 5.32 Å². The first-order chi connectivity index (χ1) is 10.5. The van der Waals surface area contributed by atoms with E-state index in [1.54, 1.807) is 11.6 Å². The third-order valence-corrected chi connectivity index (χ3v) is 3.94. The van der Waals surface area contributed by atoms with Crippen molar-refractivity contribution in [2.45, 2.75) is 32.9 Å². The number of nitrogens with zero attached hydrogens (tertiary/aromatic N) is 4. The monoisotopic (exact) mass is 309 g/mol. The summed E-state index contributed by atoms with van der Waals surface area (Å²) < 4.78 is 1.79. The van der Waals surface area contributed by atoms with E-state index in [-0.39, 0.29) is 12.1 Å². The van der Waals surface area contributed by atoms with Crippen molar-refractivity contribution in [1.29, 1.82) is 0 Å². The molecule has 2 amide bonds. The molecule has 1 fully saturated rings. The molecule has 0 aliphatic carbocycles. The van der Waals surface area contributed by atoms with Crippen molar-refractivity contribution in [2.24, 2.45) is 7.05 Å². The molecule has 0 bridgehead atoms. The number of rotatable bonds is 5. The molecule has 2 heterocycles. The highest BCUT2D eigenvalue weighted by Crippen LogP contribution is 2.08. The van der Waals surface area contributed by atoms with Crippen molar-refractivity contribution in [2.75, 3.05) is 32.7 Å². The summed E-state index contributed by atoms with van der Waals surface area (Å²) in [5.74, 6) is 0. The molecular weight excluding hydrogens is 282 g/mol. The third-order valence-electron chi connectivity index (χ3n) is 3.94. The van der Waals surface area contributed by atoms with Gasteiger partial charge in [-0.25, -0.2) is 4.79 Å². The average Bonchev–Trinajstić information content (AvgIpc) is 2.85. The number of β-amino-alcohol motifs (C(OH)–C–C–N with tert-alkyl or cyclic N) is 1. The lowest BCUT2D eigenvalue weighted by Crippen LogP contribution is -2.52. The SMILES string of the molecule is CCc1nn(C)cc1CNC(=O)N1CCN(C[C@H](C)O)CC1. The van der Waals surface area contributed by atoms with E-state index in [0.717, 1.165) is 30.8 Å². The molecule has 0 unspecified atom stereocenters. The van der Waals surface area contributed by atoms with Gasteiger partial charge in [0.25, 0.3) is 0 Å². The lowest BCUT2D eigenvalue weighted by molar-refractivity contribution is 0.0897. The largest absolute Gasteiger partial charge is 0.392 e. The molecule has 0 spiro atoms. The highest BCUT2D eigenvalue weighted by Gasteiger charge is 2.21. The summed E-state index contributed by atoms with van der Waals surface area (Å²) in [6.45, 7) is 8.07. The van der Waals surface area contributed by atoms with Crippen LogP contribution in [0, 0.1) is 0 Å². The molecule has 7 nitrogen and oxygen atoms in total. The molecule has 1 atom stereocenters. The van der Waals surface area contributed by atoms with Crippen molar-refractivity contribution in [1.82, 2.24) is 24.9 Å². The summed E-state index contributed by atoms with van der Waals surface area (Å²) in [6.07, 6.45) is 2.50. The Morgan fingerprint density at radius 2 is 2.09 bits per heavy atom. The maximum Gasteiger partial charge on any atom is 0.317 e. The van der Waals surface area contributed by atoms with Crippen molar-refractivity contribution in [3.8, 4) is 0 Å². The Morgan fingerprint density at radius 1 is 1.41 bits per heavy atom. The second-order valence-electron chi connectivity index (χ2n) is 5.92. The quantitative estimate of drug-likeness (QED) is 0.814. The zero-order chi connectivity index (χ0) is 16.1. The number of urea groups is 1. The molecule has 1 aliphatic rings. The number of hydrogen-bond donors (Lipinski definition) is 2. The topological polar surface area (TPSA) is 73.6 Å². The van der Waals surface area contributed by atoms with Gasteiger partial charge in [0.2, 0.25) is 0 Å².